The Morgan fingerprint density at radius 3 is 2.15 bits per heavy atom. The molecule has 1 saturated heterocycles. The highest BCUT2D eigenvalue weighted by atomic mass is 35.5. The Morgan fingerprint density at radius 1 is 1.20 bits per heavy atom. The quantitative estimate of drug-likeness (QED) is 0.845. The number of aromatic nitrogens is 1. The third kappa shape index (κ3) is 3.31. The molecule has 1 N–H and O–H groups in total. The van der Waals surface area contributed by atoms with Crippen LogP contribution < -0.4 is 10.8 Å². The molecule has 5 nitrogen and oxygen atoms in total. The Kier molecular flexibility index (Phi) is 4.84. The molecule has 1 fully saturated rings. The molecule has 20 heavy (non-hydrogen) atoms. The Hall–Kier alpha value is -1.11. The minimum atomic E-state index is -0.427. The SMILES string of the molecule is CC(=O)Nc1ccc(B2OC(C)(C)C(C)(C)O2)cn1.Cl. The van der Waals surface area contributed by atoms with E-state index in [9.17, 15) is 4.79 Å². The van der Waals surface area contributed by atoms with Crippen molar-refractivity contribution < 1.29 is 14.1 Å². The highest BCUT2D eigenvalue weighted by Gasteiger charge is 2.51. The molecule has 0 unspecified atom stereocenters. The van der Waals surface area contributed by atoms with Crippen molar-refractivity contribution in [3.63, 3.8) is 0 Å². The molecule has 7 heteroatoms. The Bertz CT molecular complexity index is 475. The summed E-state index contributed by atoms with van der Waals surface area (Å²) in [7, 11) is -0.427. The summed E-state index contributed by atoms with van der Waals surface area (Å²) in [5.41, 5.74) is 0.106. The molecule has 2 heterocycles. The molecule has 0 atom stereocenters. The largest absolute Gasteiger partial charge is 0.496 e. The second-order valence-electron chi connectivity index (χ2n) is 5.75. The highest BCUT2D eigenvalue weighted by Crippen LogP contribution is 2.36. The van der Waals surface area contributed by atoms with Gasteiger partial charge in [0.2, 0.25) is 5.91 Å². The third-order valence-electron chi connectivity index (χ3n) is 3.62. The molecule has 0 aliphatic carbocycles. The van der Waals surface area contributed by atoms with E-state index in [1.165, 1.54) is 6.92 Å². The predicted molar refractivity (Wildman–Crippen MR) is 81.5 cm³/mol. The second kappa shape index (κ2) is 5.72. The summed E-state index contributed by atoms with van der Waals surface area (Å²) in [6, 6.07) is 3.59. The summed E-state index contributed by atoms with van der Waals surface area (Å²) in [6.07, 6.45) is 1.66. The van der Waals surface area contributed by atoms with Gasteiger partial charge in [-0.25, -0.2) is 4.98 Å². The number of carbonyl (C=O) groups is 1. The fourth-order valence-corrected chi connectivity index (χ4v) is 1.78. The third-order valence-corrected chi connectivity index (χ3v) is 3.62. The van der Waals surface area contributed by atoms with Gasteiger partial charge in [0.1, 0.15) is 5.82 Å². The molecule has 1 aliphatic heterocycles. The summed E-state index contributed by atoms with van der Waals surface area (Å²) in [6.45, 7) is 9.47. The normalized spacial score (nSPS) is 19.4. The van der Waals surface area contributed by atoms with Crippen LogP contribution in [0.1, 0.15) is 34.6 Å². The van der Waals surface area contributed by atoms with Crippen LogP contribution >= 0.6 is 12.4 Å². The molecule has 0 bridgehead atoms. The summed E-state index contributed by atoms with van der Waals surface area (Å²) >= 11 is 0. The van der Waals surface area contributed by atoms with Crippen LogP contribution in [0.4, 0.5) is 5.82 Å². The summed E-state index contributed by atoms with van der Waals surface area (Å²) in [5, 5.41) is 2.62. The minimum absolute atomic E-state index is 0. The first-order valence-corrected chi connectivity index (χ1v) is 6.30. The van der Waals surface area contributed by atoms with E-state index in [0.29, 0.717) is 5.82 Å². The number of pyridine rings is 1. The number of nitrogens with one attached hydrogen (secondary N) is 1. The van der Waals surface area contributed by atoms with Crippen LogP contribution in [0.3, 0.4) is 0 Å². The number of amides is 1. The van der Waals surface area contributed by atoms with Gasteiger partial charge in [-0.3, -0.25) is 4.79 Å². The molecule has 1 amide bonds. The number of rotatable bonds is 2. The fraction of sp³-hybridized carbons (Fsp3) is 0.538. The number of nitrogens with zero attached hydrogens (tertiary/aromatic N) is 1. The minimum Gasteiger partial charge on any atom is -0.399 e. The van der Waals surface area contributed by atoms with E-state index in [2.05, 4.69) is 10.3 Å². The number of carbonyl (C=O) groups excluding carboxylic acids is 1. The Balaban J connectivity index is 0.00000200. The van der Waals surface area contributed by atoms with E-state index in [1.807, 2.05) is 33.8 Å². The van der Waals surface area contributed by atoms with Crippen LogP contribution in [-0.4, -0.2) is 29.2 Å². The molecule has 0 aromatic carbocycles. The maximum atomic E-state index is 10.9. The van der Waals surface area contributed by atoms with Crippen LogP contribution in [-0.2, 0) is 14.1 Å². The van der Waals surface area contributed by atoms with Gasteiger partial charge in [0.25, 0.3) is 0 Å². The molecule has 0 spiro atoms. The maximum absolute atomic E-state index is 10.9. The fourth-order valence-electron chi connectivity index (χ4n) is 1.78. The molecule has 0 radical (unpaired) electrons. The van der Waals surface area contributed by atoms with Crippen molar-refractivity contribution in [2.75, 3.05) is 5.32 Å². The molecule has 1 aromatic rings. The first-order valence-electron chi connectivity index (χ1n) is 6.30. The lowest BCUT2D eigenvalue weighted by Crippen LogP contribution is -2.41. The zero-order valence-corrected chi connectivity index (χ0v) is 13.2. The van der Waals surface area contributed by atoms with E-state index in [0.717, 1.165) is 5.46 Å². The average molecular weight is 299 g/mol. The Morgan fingerprint density at radius 2 is 1.75 bits per heavy atom. The monoisotopic (exact) mass is 298 g/mol. The van der Waals surface area contributed by atoms with E-state index < -0.39 is 7.12 Å². The van der Waals surface area contributed by atoms with Gasteiger partial charge in [0.05, 0.1) is 11.2 Å². The molecule has 1 aromatic heterocycles. The van der Waals surface area contributed by atoms with Crippen LogP contribution in [0.15, 0.2) is 18.3 Å². The van der Waals surface area contributed by atoms with Crippen molar-refractivity contribution in [2.24, 2.45) is 0 Å². The van der Waals surface area contributed by atoms with Crippen molar-refractivity contribution in [1.29, 1.82) is 0 Å². The van der Waals surface area contributed by atoms with Gasteiger partial charge in [0.15, 0.2) is 0 Å². The average Bonchev–Trinajstić information content (AvgIpc) is 2.48. The molecule has 0 saturated carbocycles. The van der Waals surface area contributed by atoms with Crippen molar-refractivity contribution in [1.82, 2.24) is 4.98 Å². The van der Waals surface area contributed by atoms with E-state index in [-0.39, 0.29) is 29.5 Å². The lowest BCUT2D eigenvalue weighted by Gasteiger charge is -2.32. The number of halogens is 1. The van der Waals surface area contributed by atoms with Crippen molar-refractivity contribution in [3.05, 3.63) is 18.3 Å². The van der Waals surface area contributed by atoms with E-state index in [4.69, 9.17) is 9.31 Å². The summed E-state index contributed by atoms with van der Waals surface area (Å²) < 4.78 is 11.8. The first kappa shape index (κ1) is 16.9. The molecular weight excluding hydrogens is 278 g/mol. The molecule has 110 valence electrons. The smallest absolute Gasteiger partial charge is 0.399 e. The maximum Gasteiger partial charge on any atom is 0.496 e. The summed E-state index contributed by atoms with van der Waals surface area (Å²) in [4.78, 5) is 15.1. The zero-order valence-electron chi connectivity index (χ0n) is 12.4. The van der Waals surface area contributed by atoms with E-state index in [1.54, 1.807) is 12.3 Å². The second-order valence-corrected chi connectivity index (χ2v) is 5.75. The number of hydrogen-bond donors (Lipinski definition) is 1. The number of anilines is 1. The van der Waals surface area contributed by atoms with Crippen LogP contribution in [0, 0.1) is 0 Å². The van der Waals surface area contributed by atoms with Gasteiger partial charge in [-0.15, -0.1) is 12.4 Å². The standard InChI is InChI=1S/C13H19BN2O3.ClH/c1-9(17)16-11-7-6-10(8-15-11)14-18-12(2,3)13(4,5)19-14;/h6-8H,1-5H3,(H,15,16,17);1H. The van der Waals surface area contributed by atoms with Gasteiger partial charge < -0.3 is 14.6 Å². The van der Waals surface area contributed by atoms with Gasteiger partial charge in [0, 0.05) is 18.6 Å². The van der Waals surface area contributed by atoms with Crippen LogP contribution in [0.25, 0.3) is 0 Å². The van der Waals surface area contributed by atoms with Crippen molar-refractivity contribution >= 4 is 36.7 Å². The van der Waals surface area contributed by atoms with E-state index >= 15 is 0 Å². The van der Waals surface area contributed by atoms with Crippen molar-refractivity contribution in [2.45, 2.75) is 45.8 Å². The highest BCUT2D eigenvalue weighted by molar-refractivity contribution is 6.62. The van der Waals surface area contributed by atoms with Crippen LogP contribution in [0.5, 0.6) is 0 Å². The van der Waals surface area contributed by atoms with Crippen LogP contribution in [0.2, 0.25) is 0 Å². The van der Waals surface area contributed by atoms with Gasteiger partial charge in [-0.05, 0) is 33.8 Å². The topological polar surface area (TPSA) is 60.5 Å². The van der Waals surface area contributed by atoms with Gasteiger partial charge >= 0.3 is 7.12 Å². The Labute approximate surface area is 126 Å². The lowest BCUT2D eigenvalue weighted by molar-refractivity contribution is -0.114. The molecule has 1 aliphatic rings. The molecule has 2 rings (SSSR count). The predicted octanol–water partition coefficient (Wildman–Crippen LogP) is 1.76. The number of hydrogen-bond acceptors (Lipinski definition) is 4. The first-order chi connectivity index (χ1) is 8.71. The van der Waals surface area contributed by atoms with Crippen molar-refractivity contribution in [3.8, 4) is 0 Å². The lowest BCUT2D eigenvalue weighted by atomic mass is 9.80. The van der Waals surface area contributed by atoms with Gasteiger partial charge in [-0.2, -0.15) is 0 Å². The zero-order chi connectivity index (χ0) is 14.3. The van der Waals surface area contributed by atoms with Gasteiger partial charge in [-0.1, -0.05) is 6.07 Å². The molecular formula is C13H20BClN2O3. The summed E-state index contributed by atoms with van der Waals surface area (Å²) in [5.74, 6) is 0.378.